The Morgan fingerprint density at radius 3 is 2.75 bits per heavy atom. The lowest BCUT2D eigenvalue weighted by molar-refractivity contribution is 0.0698. The van der Waals surface area contributed by atoms with Crippen LogP contribution in [-0.2, 0) is 0 Å². The third-order valence-electron chi connectivity index (χ3n) is 3.95. The van der Waals surface area contributed by atoms with E-state index in [9.17, 15) is 9.90 Å². The number of likely N-dealkylation sites (tertiary alicyclic amines) is 1. The van der Waals surface area contributed by atoms with Gasteiger partial charge in [-0.15, -0.1) is 0 Å². The summed E-state index contributed by atoms with van der Waals surface area (Å²) < 4.78 is 0. The van der Waals surface area contributed by atoms with Gasteiger partial charge in [0, 0.05) is 17.3 Å². The summed E-state index contributed by atoms with van der Waals surface area (Å²) in [5, 5.41) is 12.9. The largest absolute Gasteiger partial charge is 0.478 e. The molecule has 20 heavy (non-hydrogen) atoms. The van der Waals surface area contributed by atoms with Crippen molar-refractivity contribution < 1.29 is 9.90 Å². The smallest absolute Gasteiger partial charge is 0.337 e. The minimum atomic E-state index is -0.948. The molecule has 1 heterocycles. The van der Waals surface area contributed by atoms with Crippen molar-refractivity contribution in [1.29, 1.82) is 0 Å². The highest BCUT2D eigenvalue weighted by atomic mass is 35.5. The van der Waals surface area contributed by atoms with Crippen LogP contribution in [0.3, 0.4) is 0 Å². The summed E-state index contributed by atoms with van der Waals surface area (Å²) in [7, 11) is 0. The average Bonchev–Trinajstić information content (AvgIpc) is 2.46. The number of nitrogens with one attached hydrogen (secondary N) is 1. The molecular weight excluding hydrogens is 276 g/mol. The zero-order chi connectivity index (χ0) is 14.5. The van der Waals surface area contributed by atoms with Crippen molar-refractivity contribution in [1.82, 2.24) is 4.90 Å². The Morgan fingerprint density at radius 1 is 1.45 bits per heavy atom. The molecule has 0 unspecified atom stereocenters. The summed E-state index contributed by atoms with van der Waals surface area (Å²) in [6, 6.07) is 4.95. The van der Waals surface area contributed by atoms with Crippen molar-refractivity contribution in [3.63, 3.8) is 0 Å². The van der Waals surface area contributed by atoms with Crippen LogP contribution in [0.2, 0.25) is 5.02 Å². The molecule has 2 rings (SSSR count). The van der Waals surface area contributed by atoms with Gasteiger partial charge in [0.15, 0.2) is 0 Å². The molecule has 0 saturated carbocycles. The molecule has 1 aliphatic heterocycles. The first-order valence-electron chi connectivity index (χ1n) is 7.09. The first-order chi connectivity index (χ1) is 9.60. The van der Waals surface area contributed by atoms with Crippen molar-refractivity contribution in [3.05, 3.63) is 28.8 Å². The molecule has 0 amide bonds. The van der Waals surface area contributed by atoms with E-state index in [2.05, 4.69) is 17.1 Å². The molecule has 0 atom stereocenters. The molecule has 4 nitrogen and oxygen atoms in total. The van der Waals surface area contributed by atoms with E-state index in [1.165, 1.54) is 6.07 Å². The van der Waals surface area contributed by atoms with Gasteiger partial charge < -0.3 is 15.3 Å². The SMILES string of the molecule is CCN1CCC(CNc2ccc(Cl)cc2C(=O)O)CC1. The summed E-state index contributed by atoms with van der Waals surface area (Å²) >= 11 is 5.85. The van der Waals surface area contributed by atoms with Crippen molar-refractivity contribution in [2.24, 2.45) is 5.92 Å². The Balaban J connectivity index is 1.93. The Morgan fingerprint density at radius 2 is 2.15 bits per heavy atom. The molecule has 5 heteroatoms. The van der Waals surface area contributed by atoms with E-state index in [-0.39, 0.29) is 5.56 Å². The van der Waals surface area contributed by atoms with Crippen molar-refractivity contribution >= 4 is 23.3 Å². The first kappa shape index (κ1) is 15.1. The molecule has 110 valence electrons. The standard InChI is InChI=1S/C15H21ClN2O2/c1-2-18-7-5-11(6-8-18)10-17-14-4-3-12(16)9-13(14)15(19)20/h3-4,9,11,17H,2,5-8,10H2,1H3,(H,19,20). The maximum atomic E-state index is 11.2. The van der Waals surface area contributed by atoms with Gasteiger partial charge in [0.1, 0.15) is 0 Å². The molecule has 1 aromatic rings. The van der Waals surface area contributed by atoms with Crippen LogP contribution in [0.1, 0.15) is 30.1 Å². The van der Waals surface area contributed by atoms with Crippen LogP contribution in [0, 0.1) is 5.92 Å². The van der Waals surface area contributed by atoms with E-state index < -0.39 is 5.97 Å². The van der Waals surface area contributed by atoms with E-state index in [0.717, 1.165) is 39.0 Å². The molecular formula is C15H21ClN2O2. The summed E-state index contributed by atoms with van der Waals surface area (Å²) in [4.78, 5) is 13.6. The van der Waals surface area contributed by atoms with Gasteiger partial charge in [0.05, 0.1) is 5.56 Å². The fourth-order valence-electron chi connectivity index (χ4n) is 2.61. The second-order valence-corrected chi connectivity index (χ2v) is 5.69. The molecule has 0 bridgehead atoms. The number of anilines is 1. The number of aromatic carboxylic acids is 1. The number of carboxylic acid groups (broad SMARTS) is 1. The monoisotopic (exact) mass is 296 g/mol. The van der Waals surface area contributed by atoms with Gasteiger partial charge in [-0.25, -0.2) is 4.79 Å². The number of rotatable bonds is 5. The normalized spacial score (nSPS) is 17.1. The highest BCUT2D eigenvalue weighted by molar-refractivity contribution is 6.31. The number of halogens is 1. The number of nitrogens with zero attached hydrogens (tertiary/aromatic N) is 1. The third kappa shape index (κ3) is 3.87. The lowest BCUT2D eigenvalue weighted by Crippen LogP contribution is -2.35. The van der Waals surface area contributed by atoms with Crippen LogP contribution < -0.4 is 5.32 Å². The zero-order valence-corrected chi connectivity index (χ0v) is 12.5. The summed E-state index contributed by atoms with van der Waals surface area (Å²) in [5.41, 5.74) is 0.892. The van der Waals surface area contributed by atoms with E-state index in [1.54, 1.807) is 12.1 Å². The van der Waals surface area contributed by atoms with Crippen molar-refractivity contribution in [2.75, 3.05) is 31.5 Å². The number of hydrogen-bond donors (Lipinski definition) is 2. The summed E-state index contributed by atoms with van der Waals surface area (Å²) in [5.74, 6) is -0.342. The Labute approximate surface area is 124 Å². The van der Waals surface area contributed by atoms with Crippen molar-refractivity contribution in [2.45, 2.75) is 19.8 Å². The number of benzene rings is 1. The Hall–Kier alpha value is -1.26. The topological polar surface area (TPSA) is 52.6 Å². The van der Waals surface area contributed by atoms with Gasteiger partial charge in [-0.05, 0) is 56.6 Å². The van der Waals surface area contributed by atoms with Crippen LogP contribution >= 0.6 is 11.6 Å². The lowest BCUT2D eigenvalue weighted by atomic mass is 9.96. The minimum Gasteiger partial charge on any atom is -0.478 e. The van der Waals surface area contributed by atoms with E-state index in [1.807, 2.05) is 0 Å². The molecule has 1 aliphatic rings. The minimum absolute atomic E-state index is 0.239. The van der Waals surface area contributed by atoms with Crippen LogP contribution in [-0.4, -0.2) is 42.2 Å². The maximum absolute atomic E-state index is 11.2. The number of carbonyl (C=O) groups is 1. The lowest BCUT2D eigenvalue weighted by Gasteiger charge is -2.31. The maximum Gasteiger partial charge on any atom is 0.337 e. The molecule has 0 spiro atoms. The predicted molar refractivity (Wildman–Crippen MR) is 81.7 cm³/mol. The van der Waals surface area contributed by atoms with Gasteiger partial charge >= 0.3 is 5.97 Å². The van der Waals surface area contributed by atoms with E-state index in [4.69, 9.17) is 11.6 Å². The highest BCUT2D eigenvalue weighted by Crippen LogP contribution is 2.23. The third-order valence-corrected chi connectivity index (χ3v) is 4.18. The number of carboxylic acids is 1. The summed E-state index contributed by atoms with van der Waals surface area (Å²) in [6.45, 7) is 6.38. The molecule has 0 aliphatic carbocycles. The number of hydrogen-bond acceptors (Lipinski definition) is 3. The fourth-order valence-corrected chi connectivity index (χ4v) is 2.78. The molecule has 0 radical (unpaired) electrons. The van der Waals surface area contributed by atoms with E-state index in [0.29, 0.717) is 16.6 Å². The molecule has 0 aromatic heterocycles. The molecule has 1 saturated heterocycles. The van der Waals surface area contributed by atoms with E-state index >= 15 is 0 Å². The summed E-state index contributed by atoms with van der Waals surface area (Å²) in [6.07, 6.45) is 2.33. The van der Waals surface area contributed by atoms with Gasteiger partial charge in [0.2, 0.25) is 0 Å². The average molecular weight is 297 g/mol. The van der Waals surface area contributed by atoms with Gasteiger partial charge in [-0.2, -0.15) is 0 Å². The second kappa shape index (κ2) is 6.95. The van der Waals surface area contributed by atoms with Gasteiger partial charge in [-0.3, -0.25) is 0 Å². The van der Waals surface area contributed by atoms with Gasteiger partial charge in [-0.1, -0.05) is 18.5 Å². The molecule has 1 aromatic carbocycles. The highest BCUT2D eigenvalue weighted by Gasteiger charge is 2.18. The zero-order valence-electron chi connectivity index (χ0n) is 11.7. The Bertz CT molecular complexity index is 471. The van der Waals surface area contributed by atoms with Crippen molar-refractivity contribution in [3.8, 4) is 0 Å². The number of piperidine rings is 1. The fraction of sp³-hybridized carbons (Fsp3) is 0.533. The molecule has 2 N–H and O–H groups in total. The Kier molecular flexibility index (Phi) is 5.26. The first-order valence-corrected chi connectivity index (χ1v) is 7.47. The molecule has 1 fully saturated rings. The van der Waals surface area contributed by atoms with Crippen LogP contribution in [0.25, 0.3) is 0 Å². The predicted octanol–water partition coefficient (Wildman–Crippen LogP) is 3.18. The van der Waals surface area contributed by atoms with Crippen LogP contribution in [0.15, 0.2) is 18.2 Å². The van der Waals surface area contributed by atoms with Crippen LogP contribution in [0.4, 0.5) is 5.69 Å². The second-order valence-electron chi connectivity index (χ2n) is 5.25. The quantitative estimate of drug-likeness (QED) is 0.876. The van der Waals surface area contributed by atoms with Gasteiger partial charge in [0.25, 0.3) is 0 Å². The van der Waals surface area contributed by atoms with Crippen LogP contribution in [0.5, 0.6) is 0 Å².